The Kier molecular flexibility index (Phi) is 4.14. The average Bonchev–Trinajstić information content (AvgIpc) is 2.92. The monoisotopic (exact) mass is 294 g/mol. The van der Waals surface area contributed by atoms with Gasteiger partial charge in [0.15, 0.2) is 0 Å². The molecular formula is C19H22N2O. The lowest BCUT2D eigenvalue weighted by Gasteiger charge is -2.21. The molecule has 0 aliphatic carbocycles. The van der Waals surface area contributed by atoms with Crippen molar-refractivity contribution < 1.29 is 4.79 Å². The molecule has 2 unspecified atom stereocenters. The molecule has 3 heteroatoms. The first-order chi connectivity index (χ1) is 10.6. The molecule has 2 aromatic carbocycles. The van der Waals surface area contributed by atoms with E-state index in [1.54, 1.807) is 0 Å². The number of rotatable bonds is 3. The minimum atomic E-state index is 0.204. The van der Waals surface area contributed by atoms with Gasteiger partial charge in [0, 0.05) is 24.2 Å². The van der Waals surface area contributed by atoms with Crippen LogP contribution in [0.5, 0.6) is 0 Å². The van der Waals surface area contributed by atoms with Gasteiger partial charge >= 0.3 is 0 Å². The molecule has 0 bridgehead atoms. The molecule has 1 saturated heterocycles. The molecule has 114 valence electrons. The van der Waals surface area contributed by atoms with Crippen molar-refractivity contribution in [1.82, 2.24) is 4.90 Å². The molecule has 0 radical (unpaired) electrons. The number of anilines is 1. The molecule has 0 aromatic heterocycles. The van der Waals surface area contributed by atoms with Crippen molar-refractivity contribution in [3.05, 3.63) is 65.7 Å². The molecule has 1 aliphatic heterocycles. The highest BCUT2D eigenvalue weighted by Crippen LogP contribution is 2.31. The van der Waals surface area contributed by atoms with Gasteiger partial charge in [0.1, 0.15) is 0 Å². The maximum absolute atomic E-state index is 12.6. The van der Waals surface area contributed by atoms with Gasteiger partial charge in [-0.3, -0.25) is 4.79 Å². The standard InChI is InChI=1S/C19H22N2O/c1-14-11-17(16-5-3-2-4-6-16)13-21(14)19(22)12-15-7-9-18(20)10-8-15/h2-10,14,17H,11-13,20H2,1H3. The van der Waals surface area contributed by atoms with E-state index < -0.39 is 0 Å². The summed E-state index contributed by atoms with van der Waals surface area (Å²) in [6, 6.07) is 18.4. The third-order valence-electron chi connectivity index (χ3n) is 4.50. The predicted octanol–water partition coefficient (Wildman–Crippen LogP) is 3.22. The zero-order valence-corrected chi connectivity index (χ0v) is 12.9. The van der Waals surface area contributed by atoms with Crippen LogP contribution in [0.2, 0.25) is 0 Å². The van der Waals surface area contributed by atoms with Crippen LogP contribution in [0, 0.1) is 0 Å². The lowest BCUT2D eigenvalue weighted by Crippen LogP contribution is -2.35. The molecule has 2 aromatic rings. The van der Waals surface area contributed by atoms with Gasteiger partial charge in [-0.15, -0.1) is 0 Å². The van der Waals surface area contributed by atoms with Gasteiger partial charge in [-0.05, 0) is 36.6 Å². The largest absolute Gasteiger partial charge is 0.399 e. The molecule has 22 heavy (non-hydrogen) atoms. The number of benzene rings is 2. The summed E-state index contributed by atoms with van der Waals surface area (Å²) in [4.78, 5) is 14.6. The van der Waals surface area contributed by atoms with E-state index in [1.807, 2.05) is 35.2 Å². The second-order valence-electron chi connectivity index (χ2n) is 6.16. The average molecular weight is 294 g/mol. The highest BCUT2D eigenvalue weighted by molar-refractivity contribution is 5.79. The van der Waals surface area contributed by atoms with Crippen molar-refractivity contribution in [3.63, 3.8) is 0 Å². The van der Waals surface area contributed by atoms with Crippen LogP contribution < -0.4 is 5.73 Å². The summed E-state index contributed by atoms with van der Waals surface area (Å²) in [5.74, 6) is 0.655. The first kappa shape index (κ1) is 14.6. The van der Waals surface area contributed by atoms with Crippen LogP contribution in [0.15, 0.2) is 54.6 Å². The SMILES string of the molecule is CC1CC(c2ccccc2)CN1C(=O)Cc1ccc(N)cc1. The number of likely N-dealkylation sites (tertiary alicyclic amines) is 1. The van der Waals surface area contributed by atoms with E-state index in [2.05, 4.69) is 31.2 Å². The molecule has 1 amide bonds. The topological polar surface area (TPSA) is 46.3 Å². The molecule has 0 saturated carbocycles. The zero-order valence-electron chi connectivity index (χ0n) is 12.9. The number of nitrogens with two attached hydrogens (primary N) is 1. The number of hydrogen-bond acceptors (Lipinski definition) is 2. The minimum Gasteiger partial charge on any atom is -0.399 e. The van der Waals surface area contributed by atoms with Crippen molar-refractivity contribution in [2.45, 2.75) is 31.7 Å². The van der Waals surface area contributed by atoms with Crippen molar-refractivity contribution in [1.29, 1.82) is 0 Å². The fourth-order valence-corrected chi connectivity index (χ4v) is 3.26. The van der Waals surface area contributed by atoms with Crippen molar-refractivity contribution in [3.8, 4) is 0 Å². The Labute approximate surface area is 131 Å². The van der Waals surface area contributed by atoms with Gasteiger partial charge in [0.05, 0.1) is 6.42 Å². The lowest BCUT2D eigenvalue weighted by molar-refractivity contribution is -0.131. The van der Waals surface area contributed by atoms with Crippen LogP contribution in [0.4, 0.5) is 5.69 Å². The Hall–Kier alpha value is -2.29. The second kappa shape index (κ2) is 6.22. The van der Waals surface area contributed by atoms with Crippen LogP contribution >= 0.6 is 0 Å². The quantitative estimate of drug-likeness (QED) is 0.884. The third kappa shape index (κ3) is 3.14. The molecule has 2 N–H and O–H groups in total. The fraction of sp³-hybridized carbons (Fsp3) is 0.316. The van der Waals surface area contributed by atoms with E-state index in [4.69, 9.17) is 5.73 Å². The van der Waals surface area contributed by atoms with E-state index in [0.29, 0.717) is 18.4 Å². The van der Waals surface area contributed by atoms with E-state index in [1.165, 1.54) is 5.56 Å². The van der Waals surface area contributed by atoms with E-state index in [-0.39, 0.29) is 5.91 Å². The van der Waals surface area contributed by atoms with E-state index in [0.717, 1.165) is 24.2 Å². The molecule has 3 nitrogen and oxygen atoms in total. The summed E-state index contributed by atoms with van der Waals surface area (Å²) < 4.78 is 0. The Bertz CT molecular complexity index is 636. The normalized spacial score (nSPS) is 21.0. The minimum absolute atomic E-state index is 0.204. The number of amides is 1. The van der Waals surface area contributed by atoms with Crippen LogP contribution in [-0.4, -0.2) is 23.4 Å². The van der Waals surface area contributed by atoms with E-state index in [9.17, 15) is 4.79 Å². The van der Waals surface area contributed by atoms with E-state index >= 15 is 0 Å². The Morgan fingerprint density at radius 1 is 1.14 bits per heavy atom. The summed E-state index contributed by atoms with van der Waals surface area (Å²) in [5, 5.41) is 0. The maximum atomic E-state index is 12.6. The van der Waals surface area contributed by atoms with Crippen LogP contribution in [0.3, 0.4) is 0 Å². The highest BCUT2D eigenvalue weighted by Gasteiger charge is 2.32. The molecule has 1 heterocycles. The lowest BCUT2D eigenvalue weighted by atomic mass is 9.97. The zero-order chi connectivity index (χ0) is 15.5. The Morgan fingerprint density at radius 3 is 2.50 bits per heavy atom. The van der Waals surface area contributed by atoms with Crippen molar-refractivity contribution in [2.24, 2.45) is 0 Å². The summed E-state index contributed by atoms with van der Waals surface area (Å²) in [5.41, 5.74) is 8.77. The fourth-order valence-electron chi connectivity index (χ4n) is 3.26. The van der Waals surface area contributed by atoms with Gasteiger partial charge in [-0.2, -0.15) is 0 Å². The Morgan fingerprint density at radius 2 is 1.82 bits per heavy atom. The first-order valence-electron chi connectivity index (χ1n) is 7.82. The molecule has 3 rings (SSSR count). The van der Waals surface area contributed by atoms with Crippen molar-refractivity contribution >= 4 is 11.6 Å². The first-order valence-corrected chi connectivity index (χ1v) is 7.82. The van der Waals surface area contributed by atoms with Crippen molar-refractivity contribution in [2.75, 3.05) is 12.3 Å². The van der Waals surface area contributed by atoms with Crippen LogP contribution in [0.25, 0.3) is 0 Å². The molecular weight excluding hydrogens is 272 g/mol. The third-order valence-corrected chi connectivity index (χ3v) is 4.50. The summed E-state index contributed by atoms with van der Waals surface area (Å²) in [6.07, 6.45) is 1.49. The molecule has 1 fully saturated rings. The summed E-state index contributed by atoms with van der Waals surface area (Å²) >= 11 is 0. The maximum Gasteiger partial charge on any atom is 0.227 e. The number of hydrogen-bond donors (Lipinski definition) is 1. The second-order valence-corrected chi connectivity index (χ2v) is 6.16. The molecule has 2 atom stereocenters. The highest BCUT2D eigenvalue weighted by atomic mass is 16.2. The van der Waals surface area contributed by atoms with Gasteiger partial charge in [0.2, 0.25) is 5.91 Å². The number of carbonyl (C=O) groups excluding carboxylic acids is 1. The summed E-state index contributed by atoms with van der Waals surface area (Å²) in [6.45, 7) is 2.96. The number of nitrogen functional groups attached to an aromatic ring is 1. The number of carbonyl (C=O) groups is 1. The molecule has 1 aliphatic rings. The van der Waals surface area contributed by atoms with Gasteiger partial charge in [0.25, 0.3) is 0 Å². The predicted molar refractivity (Wildman–Crippen MR) is 89.5 cm³/mol. The van der Waals surface area contributed by atoms with Crippen LogP contribution in [-0.2, 0) is 11.2 Å². The van der Waals surface area contributed by atoms with Crippen LogP contribution in [0.1, 0.15) is 30.4 Å². The smallest absolute Gasteiger partial charge is 0.227 e. The molecule has 0 spiro atoms. The van der Waals surface area contributed by atoms with Gasteiger partial charge < -0.3 is 10.6 Å². The Balaban J connectivity index is 1.67. The number of nitrogens with zero attached hydrogens (tertiary/aromatic N) is 1. The van der Waals surface area contributed by atoms with Gasteiger partial charge in [-0.25, -0.2) is 0 Å². The summed E-state index contributed by atoms with van der Waals surface area (Å²) in [7, 11) is 0. The van der Waals surface area contributed by atoms with Gasteiger partial charge in [-0.1, -0.05) is 42.5 Å².